The lowest BCUT2D eigenvalue weighted by atomic mass is 9.93. The second kappa shape index (κ2) is 8.27. The number of benzene rings is 3. The normalized spacial score (nSPS) is 15.5. The predicted octanol–water partition coefficient (Wildman–Crippen LogP) is 5.65. The molecule has 0 aliphatic carbocycles. The molecule has 1 aliphatic heterocycles. The van der Waals surface area contributed by atoms with E-state index in [0.29, 0.717) is 15.9 Å². The maximum atomic E-state index is 12.3. The Morgan fingerprint density at radius 2 is 1.76 bits per heavy atom. The molecule has 0 saturated heterocycles. The second-order valence-electron chi connectivity index (χ2n) is 6.64. The number of fused-ring (bicyclic) bond motifs is 1. The summed E-state index contributed by atoms with van der Waals surface area (Å²) >= 11 is 12.8. The van der Waals surface area contributed by atoms with Gasteiger partial charge in [0.05, 0.1) is 23.9 Å². The van der Waals surface area contributed by atoms with Gasteiger partial charge in [-0.2, -0.15) is 0 Å². The molecule has 29 heavy (non-hydrogen) atoms. The Hall–Kier alpha value is -2.82. The van der Waals surface area contributed by atoms with Crippen LogP contribution in [-0.4, -0.2) is 30.4 Å². The molecule has 0 fully saturated rings. The minimum atomic E-state index is -0.358. The Morgan fingerprint density at radius 3 is 2.48 bits per heavy atom. The molecule has 0 saturated carbocycles. The summed E-state index contributed by atoms with van der Waals surface area (Å²) in [5.74, 6) is 0.243. The Balaban J connectivity index is 1.97. The molecule has 4 rings (SSSR count). The molecule has 3 aromatic rings. The number of methoxy groups -OCH3 is 1. The molecule has 1 heterocycles. The van der Waals surface area contributed by atoms with Gasteiger partial charge >= 0.3 is 5.97 Å². The SMILES string of the molecule is COC(=O)CN1C(c2ccccc2Cl)=Nc2cc(Cl)ccc2[C@@H]1c1ccccc1. The molecule has 1 aliphatic rings. The average Bonchev–Trinajstić information content (AvgIpc) is 2.74. The highest BCUT2D eigenvalue weighted by Crippen LogP contribution is 2.42. The number of hydrogen-bond donors (Lipinski definition) is 0. The molecule has 1 atom stereocenters. The van der Waals surface area contributed by atoms with Crippen LogP contribution < -0.4 is 0 Å². The van der Waals surface area contributed by atoms with Gasteiger partial charge in [-0.3, -0.25) is 4.79 Å². The standard InChI is InChI=1S/C23H18Cl2N2O2/c1-29-21(28)14-27-22(15-7-3-2-4-8-15)18-12-11-16(24)13-20(18)26-23(27)17-9-5-6-10-19(17)25/h2-13,22H,14H2,1H3/t22-/m0/s1. The number of amidine groups is 1. The van der Waals surface area contributed by atoms with E-state index in [1.807, 2.05) is 71.6 Å². The number of rotatable bonds is 4. The first-order valence-electron chi connectivity index (χ1n) is 9.10. The third-order valence-electron chi connectivity index (χ3n) is 4.85. The first-order chi connectivity index (χ1) is 14.1. The van der Waals surface area contributed by atoms with Crippen LogP contribution in [0.4, 0.5) is 5.69 Å². The molecule has 6 heteroatoms. The van der Waals surface area contributed by atoms with E-state index in [4.69, 9.17) is 32.9 Å². The molecule has 0 N–H and O–H groups in total. The van der Waals surface area contributed by atoms with Crippen LogP contribution in [0.15, 0.2) is 77.8 Å². The molecule has 0 unspecified atom stereocenters. The van der Waals surface area contributed by atoms with Crippen LogP contribution in [-0.2, 0) is 9.53 Å². The highest BCUT2D eigenvalue weighted by Gasteiger charge is 2.34. The lowest BCUT2D eigenvalue weighted by Gasteiger charge is -2.38. The molecule has 3 aromatic carbocycles. The first kappa shape index (κ1) is 19.5. The molecule has 0 spiro atoms. The minimum Gasteiger partial charge on any atom is -0.468 e. The van der Waals surface area contributed by atoms with Crippen molar-refractivity contribution in [1.29, 1.82) is 0 Å². The van der Waals surface area contributed by atoms with Crippen molar-refractivity contribution in [3.8, 4) is 0 Å². The van der Waals surface area contributed by atoms with Crippen LogP contribution >= 0.6 is 23.2 Å². The fourth-order valence-corrected chi connectivity index (χ4v) is 3.92. The van der Waals surface area contributed by atoms with Crippen LogP contribution in [0.1, 0.15) is 22.7 Å². The van der Waals surface area contributed by atoms with E-state index in [1.165, 1.54) is 7.11 Å². The topological polar surface area (TPSA) is 41.9 Å². The van der Waals surface area contributed by atoms with Gasteiger partial charge in [0.1, 0.15) is 12.4 Å². The highest BCUT2D eigenvalue weighted by atomic mass is 35.5. The Morgan fingerprint density at radius 1 is 1.03 bits per heavy atom. The minimum absolute atomic E-state index is 0.0299. The van der Waals surface area contributed by atoms with Gasteiger partial charge in [-0.15, -0.1) is 0 Å². The quantitative estimate of drug-likeness (QED) is 0.508. The third-order valence-corrected chi connectivity index (χ3v) is 5.42. The van der Waals surface area contributed by atoms with E-state index in [-0.39, 0.29) is 18.6 Å². The Labute approximate surface area is 179 Å². The largest absolute Gasteiger partial charge is 0.468 e. The summed E-state index contributed by atoms with van der Waals surface area (Å²) in [5.41, 5.74) is 3.48. The molecule has 4 nitrogen and oxygen atoms in total. The summed E-state index contributed by atoms with van der Waals surface area (Å²) in [7, 11) is 1.38. The molecule has 0 bridgehead atoms. The van der Waals surface area contributed by atoms with Gasteiger partial charge in [0.15, 0.2) is 0 Å². The molecular weight excluding hydrogens is 407 g/mol. The van der Waals surface area contributed by atoms with Gasteiger partial charge in [0, 0.05) is 16.1 Å². The van der Waals surface area contributed by atoms with Crippen molar-refractivity contribution in [3.63, 3.8) is 0 Å². The zero-order chi connectivity index (χ0) is 20.4. The zero-order valence-electron chi connectivity index (χ0n) is 15.7. The van der Waals surface area contributed by atoms with Crippen LogP contribution in [0.5, 0.6) is 0 Å². The fourth-order valence-electron chi connectivity index (χ4n) is 3.54. The molecule has 0 aromatic heterocycles. The Kier molecular flexibility index (Phi) is 5.56. The summed E-state index contributed by atoms with van der Waals surface area (Å²) in [5, 5.41) is 1.15. The van der Waals surface area contributed by atoms with Crippen molar-refractivity contribution < 1.29 is 9.53 Å². The van der Waals surface area contributed by atoms with E-state index in [0.717, 1.165) is 22.4 Å². The van der Waals surface area contributed by atoms with E-state index < -0.39 is 0 Å². The number of halogens is 2. The summed E-state index contributed by atoms with van der Waals surface area (Å²) in [6.07, 6.45) is 0. The van der Waals surface area contributed by atoms with Gasteiger partial charge in [-0.05, 0) is 29.8 Å². The maximum absolute atomic E-state index is 12.3. The van der Waals surface area contributed by atoms with Gasteiger partial charge in [-0.1, -0.05) is 71.7 Å². The van der Waals surface area contributed by atoms with E-state index in [2.05, 4.69) is 0 Å². The van der Waals surface area contributed by atoms with Crippen LogP contribution in [0.2, 0.25) is 10.0 Å². The number of carbonyl (C=O) groups excluding carboxylic acids is 1. The monoisotopic (exact) mass is 424 g/mol. The van der Waals surface area contributed by atoms with Gasteiger partial charge in [-0.25, -0.2) is 4.99 Å². The van der Waals surface area contributed by atoms with E-state index in [9.17, 15) is 4.79 Å². The van der Waals surface area contributed by atoms with Crippen LogP contribution in [0.3, 0.4) is 0 Å². The number of nitrogens with zero attached hydrogens (tertiary/aromatic N) is 2. The Bertz CT molecular complexity index is 1080. The molecule has 146 valence electrons. The van der Waals surface area contributed by atoms with Crippen molar-refractivity contribution in [3.05, 3.63) is 99.5 Å². The average molecular weight is 425 g/mol. The fraction of sp³-hybridized carbons (Fsp3) is 0.130. The number of aliphatic imine (C=N–C) groups is 1. The third kappa shape index (κ3) is 3.86. The highest BCUT2D eigenvalue weighted by molar-refractivity contribution is 6.34. The zero-order valence-corrected chi connectivity index (χ0v) is 17.2. The number of esters is 1. The summed E-state index contributed by atoms with van der Waals surface area (Å²) in [4.78, 5) is 19.1. The van der Waals surface area contributed by atoms with Crippen molar-refractivity contribution in [2.24, 2.45) is 4.99 Å². The van der Waals surface area contributed by atoms with E-state index in [1.54, 1.807) is 6.07 Å². The van der Waals surface area contributed by atoms with Crippen LogP contribution in [0.25, 0.3) is 0 Å². The smallest absolute Gasteiger partial charge is 0.325 e. The van der Waals surface area contributed by atoms with Gasteiger partial charge in [0.25, 0.3) is 0 Å². The second-order valence-corrected chi connectivity index (χ2v) is 7.48. The van der Waals surface area contributed by atoms with Gasteiger partial charge < -0.3 is 9.64 Å². The lowest BCUT2D eigenvalue weighted by Crippen LogP contribution is -2.42. The number of ether oxygens (including phenoxy) is 1. The van der Waals surface area contributed by atoms with Gasteiger partial charge in [0.2, 0.25) is 0 Å². The number of hydrogen-bond acceptors (Lipinski definition) is 4. The lowest BCUT2D eigenvalue weighted by molar-refractivity contribution is -0.141. The summed E-state index contributed by atoms with van der Waals surface area (Å²) < 4.78 is 4.97. The summed E-state index contributed by atoms with van der Waals surface area (Å²) in [6, 6.07) is 22.8. The maximum Gasteiger partial charge on any atom is 0.325 e. The molecular formula is C23H18Cl2N2O2. The first-order valence-corrected chi connectivity index (χ1v) is 9.85. The number of carbonyl (C=O) groups is 1. The molecule has 0 amide bonds. The van der Waals surface area contributed by atoms with Crippen molar-refractivity contribution >= 4 is 40.7 Å². The predicted molar refractivity (Wildman–Crippen MR) is 116 cm³/mol. The van der Waals surface area contributed by atoms with Crippen molar-refractivity contribution in [2.75, 3.05) is 13.7 Å². The van der Waals surface area contributed by atoms with Crippen molar-refractivity contribution in [2.45, 2.75) is 6.04 Å². The van der Waals surface area contributed by atoms with Crippen LogP contribution in [0, 0.1) is 0 Å². The van der Waals surface area contributed by atoms with E-state index >= 15 is 0 Å². The van der Waals surface area contributed by atoms with Crippen molar-refractivity contribution in [1.82, 2.24) is 4.90 Å². The molecule has 0 radical (unpaired) electrons. The summed E-state index contributed by atoms with van der Waals surface area (Å²) in [6.45, 7) is 0.0299.